The summed E-state index contributed by atoms with van der Waals surface area (Å²) in [6.07, 6.45) is 0.548. The van der Waals surface area contributed by atoms with E-state index in [1.165, 1.54) is 5.56 Å². The van der Waals surface area contributed by atoms with E-state index in [-0.39, 0.29) is 18.7 Å². The average Bonchev–Trinajstić information content (AvgIpc) is 2.47. The van der Waals surface area contributed by atoms with Gasteiger partial charge in [0.15, 0.2) is 0 Å². The number of aliphatic hydroxyl groups excluding tert-OH is 1. The number of rotatable bonds is 5. The van der Waals surface area contributed by atoms with Gasteiger partial charge in [-0.3, -0.25) is 4.79 Å². The van der Waals surface area contributed by atoms with Gasteiger partial charge in [-0.05, 0) is 25.0 Å². The third-order valence-electron chi connectivity index (χ3n) is 3.36. The van der Waals surface area contributed by atoms with Gasteiger partial charge in [-0.25, -0.2) is 0 Å². The number of aryl methyl sites for hydroxylation is 1. The van der Waals surface area contributed by atoms with E-state index in [2.05, 4.69) is 0 Å². The van der Waals surface area contributed by atoms with Crippen LogP contribution in [-0.4, -0.2) is 16.3 Å². The Bertz CT molecular complexity index is 630. The molecule has 2 rings (SSSR count). The molecule has 0 saturated heterocycles. The monoisotopic (exact) mass is 272 g/mol. The molecule has 20 heavy (non-hydrogen) atoms. The second kappa shape index (κ2) is 6.50. The topological polar surface area (TPSA) is 68.2 Å². The van der Waals surface area contributed by atoms with E-state index in [4.69, 9.17) is 10.8 Å². The van der Waals surface area contributed by atoms with Crippen LogP contribution < -0.4 is 11.3 Å². The van der Waals surface area contributed by atoms with Gasteiger partial charge in [0, 0.05) is 25.3 Å². The summed E-state index contributed by atoms with van der Waals surface area (Å²) in [5, 5.41) is 9.00. The molecule has 0 aliphatic heterocycles. The summed E-state index contributed by atoms with van der Waals surface area (Å²) in [6.45, 7) is 2.81. The van der Waals surface area contributed by atoms with E-state index in [0.717, 1.165) is 11.3 Å². The number of hydrogen-bond donors (Lipinski definition) is 2. The zero-order valence-corrected chi connectivity index (χ0v) is 11.7. The summed E-state index contributed by atoms with van der Waals surface area (Å²) in [5.74, 6) is 0. The Kier molecular flexibility index (Phi) is 4.71. The van der Waals surface area contributed by atoms with E-state index in [1.807, 2.05) is 37.3 Å². The molecular formula is C16H20N2O2. The molecule has 1 aromatic carbocycles. The Hall–Kier alpha value is -1.91. The summed E-state index contributed by atoms with van der Waals surface area (Å²) >= 11 is 0. The van der Waals surface area contributed by atoms with Crippen LogP contribution in [0.2, 0.25) is 0 Å². The molecule has 0 aliphatic carbocycles. The van der Waals surface area contributed by atoms with Gasteiger partial charge in [-0.2, -0.15) is 0 Å². The van der Waals surface area contributed by atoms with Crippen LogP contribution >= 0.6 is 0 Å². The first-order valence-corrected chi connectivity index (χ1v) is 6.78. The highest BCUT2D eigenvalue weighted by molar-refractivity contribution is 5.60. The second-order valence-corrected chi connectivity index (χ2v) is 4.85. The van der Waals surface area contributed by atoms with Crippen molar-refractivity contribution < 1.29 is 5.11 Å². The summed E-state index contributed by atoms with van der Waals surface area (Å²) in [4.78, 5) is 12.4. The second-order valence-electron chi connectivity index (χ2n) is 4.85. The minimum Gasteiger partial charge on any atom is -0.396 e. The van der Waals surface area contributed by atoms with Gasteiger partial charge in [-0.1, -0.05) is 35.9 Å². The first-order chi connectivity index (χ1) is 9.67. The summed E-state index contributed by atoms with van der Waals surface area (Å²) in [5.41, 5.74) is 9.15. The fraction of sp³-hybridized carbons (Fsp3) is 0.312. The van der Waals surface area contributed by atoms with Crippen molar-refractivity contribution >= 4 is 0 Å². The number of aromatic nitrogens is 1. The molecule has 0 aliphatic rings. The minimum atomic E-state index is -0.0703. The smallest absolute Gasteiger partial charge is 0.255 e. The molecule has 1 aromatic heterocycles. The number of nitrogens with zero attached hydrogens (tertiary/aromatic N) is 1. The third-order valence-corrected chi connectivity index (χ3v) is 3.36. The molecule has 4 nitrogen and oxygen atoms in total. The number of hydrogen-bond acceptors (Lipinski definition) is 3. The van der Waals surface area contributed by atoms with Gasteiger partial charge in [0.25, 0.3) is 5.56 Å². The van der Waals surface area contributed by atoms with Crippen molar-refractivity contribution in [2.45, 2.75) is 26.4 Å². The van der Waals surface area contributed by atoms with E-state index < -0.39 is 0 Å². The van der Waals surface area contributed by atoms with Crippen molar-refractivity contribution in [2.24, 2.45) is 5.73 Å². The molecular weight excluding hydrogens is 252 g/mol. The Labute approximate surface area is 118 Å². The van der Waals surface area contributed by atoms with E-state index in [9.17, 15) is 4.79 Å². The molecule has 0 atom stereocenters. The van der Waals surface area contributed by atoms with Gasteiger partial charge in [0.05, 0.1) is 5.69 Å². The van der Waals surface area contributed by atoms with Gasteiger partial charge < -0.3 is 15.4 Å². The number of pyridine rings is 1. The first-order valence-electron chi connectivity index (χ1n) is 6.78. The minimum absolute atomic E-state index is 0.0621. The van der Waals surface area contributed by atoms with Crippen LogP contribution in [0.4, 0.5) is 0 Å². The molecule has 0 amide bonds. The number of nitrogens with two attached hydrogens (primary N) is 1. The van der Waals surface area contributed by atoms with Gasteiger partial charge in [0.2, 0.25) is 0 Å². The average molecular weight is 272 g/mol. The molecule has 0 radical (unpaired) electrons. The Morgan fingerprint density at radius 3 is 2.45 bits per heavy atom. The van der Waals surface area contributed by atoms with Crippen molar-refractivity contribution in [3.05, 3.63) is 57.9 Å². The standard InChI is InChI=1S/C16H20N2O2/c1-12-3-5-13(6-4-12)15-8-7-14(11-17)16(20)18(15)9-2-10-19/h3-8,19H,2,9-11,17H2,1H3. The Morgan fingerprint density at radius 1 is 1.15 bits per heavy atom. The van der Waals surface area contributed by atoms with Crippen molar-refractivity contribution in [2.75, 3.05) is 6.61 Å². The lowest BCUT2D eigenvalue weighted by molar-refractivity contribution is 0.279. The van der Waals surface area contributed by atoms with Crippen LogP contribution in [0.15, 0.2) is 41.2 Å². The van der Waals surface area contributed by atoms with Crippen molar-refractivity contribution in [3.8, 4) is 11.3 Å². The Morgan fingerprint density at radius 2 is 1.85 bits per heavy atom. The predicted octanol–water partition coefficient (Wildman–Crippen LogP) is 1.66. The van der Waals surface area contributed by atoms with Crippen LogP contribution in [0.3, 0.4) is 0 Å². The van der Waals surface area contributed by atoms with Crippen LogP contribution in [-0.2, 0) is 13.1 Å². The molecule has 2 aromatic rings. The van der Waals surface area contributed by atoms with E-state index in [0.29, 0.717) is 18.5 Å². The molecule has 3 N–H and O–H groups in total. The normalized spacial score (nSPS) is 10.8. The van der Waals surface area contributed by atoms with Crippen LogP contribution in [0.25, 0.3) is 11.3 Å². The fourth-order valence-corrected chi connectivity index (χ4v) is 2.21. The summed E-state index contributed by atoms with van der Waals surface area (Å²) in [6, 6.07) is 11.8. The van der Waals surface area contributed by atoms with Gasteiger partial charge in [0.1, 0.15) is 0 Å². The van der Waals surface area contributed by atoms with Crippen LogP contribution in [0.5, 0.6) is 0 Å². The predicted molar refractivity (Wildman–Crippen MR) is 80.5 cm³/mol. The summed E-state index contributed by atoms with van der Waals surface area (Å²) in [7, 11) is 0. The highest BCUT2D eigenvalue weighted by Crippen LogP contribution is 2.19. The molecule has 0 fully saturated rings. The van der Waals surface area contributed by atoms with Crippen molar-refractivity contribution in [1.82, 2.24) is 4.57 Å². The quantitative estimate of drug-likeness (QED) is 0.870. The van der Waals surface area contributed by atoms with E-state index >= 15 is 0 Å². The van der Waals surface area contributed by atoms with E-state index in [1.54, 1.807) is 10.6 Å². The Balaban J connectivity index is 2.54. The molecule has 0 saturated carbocycles. The lowest BCUT2D eigenvalue weighted by atomic mass is 10.1. The molecule has 0 bridgehead atoms. The largest absolute Gasteiger partial charge is 0.396 e. The SMILES string of the molecule is Cc1ccc(-c2ccc(CN)c(=O)n2CCCO)cc1. The maximum absolute atomic E-state index is 12.4. The van der Waals surface area contributed by atoms with Gasteiger partial charge >= 0.3 is 0 Å². The third kappa shape index (κ3) is 2.98. The molecule has 1 heterocycles. The maximum Gasteiger partial charge on any atom is 0.255 e. The lowest BCUT2D eigenvalue weighted by Gasteiger charge is -2.14. The van der Waals surface area contributed by atoms with Gasteiger partial charge in [-0.15, -0.1) is 0 Å². The number of benzene rings is 1. The maximum atomic E-state index is 12.4. The number of aliphatic hydroxyl groups is 1. The first kappa shape index (κ1) is 14.5. The van der Waals surface area contributed by atoms with Crippen LogP contribution in [0, 0.1) is 6.92 Å². The molecule has 0 unspecified atom stereocenters. The van der Waals surface area contributed by atoms with Crippen molar-refractivity contribution in [1.29, 1.82) is 0 Å². The fourth-order valence-electron chi connectivity index (χ4n) is 2.21. The highest BCUT2D eigenvalue weighted by Gasteiger charge is 2.09. The molecule has 0 spiro atoms. The van der Waals surface area contributed by atoms with Crippen molar-refractivity contribution in [3.63, 3.8) is 0 Å². The highest BCUT2D eigenvalue weighted by atomic mass is 16.3. The zero-order chi connectivity index (χ0) is 14.5. The molecule has 4 heteroatoms. The lowest BCUT2D eigenvalue weighted by Crippen LogP contribution is -2.27. The van der Waals surface area contributed by atoms with Crippen LogP contribution in [0.1, 0.15) is 17.5 Å². The molecule has 106 valence electrons. The zero-order valence-electron chi connectivity index (χ0n) is 11.7. The summed E-state index contributed by atoms with van der Waals surface area (Å²) < 4.78 is 1.70.